The first-order valence-electron chi connectivity index (χ1n) is 7.40. The van der Waals surface area contributed by atoms with Gasteiger partial charge in [0.2, 0.25) is 0 Å². The molecule has 1 aliphatic rings. The molecule has 1 unspecified atom stereocenters. The second-order valence-corrected chi connectivity index (χ2v) is 5.41. The number of ether oxygens (including phenoxy) is 1. The molecule has 0 fully saturated rings. The van der Waals surface area contributed by atoms with Gasteiger partial charge in [0.15, 0.2) is 0 Å². The molecule has 0 radical (unpaired) electrons. The molecular weight excluding hydrogens is 325 g/mol. The van der Waals surface area contributed by atoms with Gasteiger partial charge in [-0.1, -0.05) is 0 Å². The number of hydrogen-bond acceptors (Lipinski definition) is 3. The van der Waals surface area contributed by atoms with Gasteiger partial charge in [0.1, 0.15) is 11.5 Å². The summed E-state index contributed by atoms with van der Waals surface area (Å²) >= 11 is 0. The van der Waals surface area contributed by atoms with Crippen LogP contribution in [0.2, 0.25) is 0 Å². The molecule has 0 saturated heterocycles. The summed E-state index contributed by atoms with van der Waals surface area (Å²) in [6.07, 6.45) is -0.576. The first-order valence-corrected chi connectivity index (χ1v) is 7.40. The second kappa shape index (κ2) is 6.46. The van der Waals surface area contributed by atoms with Gasteiger partial charge in [-0.05, 0) is 43.2 Å². The van der Waals surface area contributed by atoms with Crippen molar-refractivity contribution in [3.8, 4) is 5.75 Å². The van der Waals surface area contributed by atoms with Crippen LogP contribution in [0.1, 0.15) is 30.2 Å². The highest BCUT2D eigenvalue weighted by Gasteiger charge is 2.31. The summed E-state index contributed by atoms with van der Waals surface area (Å²) in [6, 6.07) is 6.22. The van der Waals surface area contributed by atoms with E-state index in [2.05, 4.69) is 15.4 Å². The van der Waals surface area contributed by atoms with Crippen LogP contribution in [0.25, 0.3) is 0 Å². The molecule has 1 atom stereocenters. The SMILES string of the molecule is O=C(Nc1ccc(OC(F)(F)F)cc1)NC1CCCc2occc21. The van der Waals surface area contributed by atoms with Gasteiger partial charge < -0.3 is 19.8 Å². The number of amides is 2. The van der Waals surface area contributed by atoms with Crippen molar-refractivity contribution < 1.29 is 27.1 Å². The molecule has 128 valence electrons. The van der Waals surface area contributed by atoms with Crippen LogP contribution in [-0.2, 0) is 6.42 Å². The van der Waals surface area contributed by atoms with E-state index in [1.165, 1.54) is 12.1 Å². The van der Waals surface area contributed by atoms with E-state index in [1.807, 2.05) is 6.07 Å². The molecular formula is C16H15F3N2O3. The lowest BCUT2D eigenvalue weighted by molar-refractivity contribution is -0.274. The highest BCUT2D eigenvalue weighted by molar-refractivity contribution is 5.89. The highest BCUT2D eigenvalue weighted by Crippen LogP contribution is 2.30. The van der Waals surface area contributed by atoms with Gasteiger partial charge in [0, 0.05) is 17.7 Å². The predicted octanol–water partition coefficient (Wildman–Crippen LogP) is 4.38. The average molecular weight is 340 g/mol. The molecule has 0 bridgehead atoms. The monoisotopic (exact) mass is 340 g/mol. The summed E-state index contributed by atoms with van der Waals surface area (Å²) in [5, 5.41) is 5.43. The average Bonchev–Trinajstić information content (AvgIpc) is 2.97. The zero-order valence-electron chi connectivity index (χ0n) is 12.5. The Morgan fingerprint density at radius 1 is 1.21 bits per heavy atom. The van der Waals surface area contributed by atoms with Gasteiger partial charge >= 0.3 is 12.4 Å². The lowest BCUT2D eigenvalue weighted by Crippen LogP contribution is -2.34. The Labute approximate surface area is 135 Å². The number of fused-ring (bicyclic) bond motifs is 1. The summed E-state index contributed by atoms with van der Waals surface area (Å²) in [5.74, 6) is 0.531. The molecule has 0 aliphatic heterocycles. The minimum atomic E-state index is -4.74. The van der Waals surface area contributed by atoms with Crippen LogP contribution in [-0.4, -0.2) is 12.4 Å². The van der Waals surface area contributed by atoms with Crippen LogP contribution in [0, 0.1) is 0 Å². The van der Waals surface area contributed by atoms with E-state index in [-0.39, 0.29) is 11.8 Å². The van der Waals surface area contributed by atoms with Crippen molar-refractivity contribution in [3.63, 3.8) is 0 Å². The van der Waals surface area contributed by atoms with E-state index in [9.17, 15) is 18.0 Å². The van der Waals surface area contributed by atoms with Crippen molar-refractivity contribution in [1.82, 2.24) is 5.32 Å². The number of halogens is 3. The lowest BCUT2D eigenvalue weighted by atomic mass is 9.93. The number of anilines is 1. The number of carbonyl (C=O) groups is 1. The molecule has 1 heterocycles. The molecule has 8 heteroatoms. The Morgan fingerprint density at radius 2 is 1.96 bits per heavy atom. The molecule has 24 heavy (non-hydrogen) atoms. The Bertz CT molecular complexity index is 710. The maximum Gasteiger partial charge on any atom is 0.573 e. The first-order chi connectivity index (χ1) is 11.4. The highest BCUT2D eigenvalue weighted by atomic mass is 19.4. The van der Waals surface area contributed by atoms with E-state index < -0.39 is 12.4 Å². The van der Waals surface area contributed by atoms with E-state index >= 15 is 0 Å². The minimum absolute atomic E-state index is 0.139. The molecule has 0 saturated carbocycles. The van der Waals surface area contributed by atoms with Crippen molar-refractivity contribution in [1.29, 1.82) is 0 Å². The molecule has 5 nitrogen and oxygen atoms in total. The number of carbonyl (C=O) groups excluding carboxylic acids is 1. The summed E-state index contributed by atoms with van der Waals surface area (Å²) in [6.45, 7) is 0. The largest absolute Gasteiger partial charge is 0.573 e. The number of furan rings is 1. The van der Waals surface area contributed by atoms with Crippen molar-refractivity contribution in [3.05, 3.63) is 47.9 Å². The number of alkyl halides is 3. The van der Waals surface area contributed by atoms with E-state index in [1.54, 1.807) is 6.26 Å². The quantitative estimate of drug-likeness (QED) is 0.872. The number of rotatable bonds is 3. The summed E-state index contributed by atoms with van der Waals surface area (Å²) in [7, 11) is 0. The Balaban J connectivity index is 1.58. The van der Waals surface area contributed by atoms with Crippen molar-refractivity contribution in [2.75, 3.05) is 5.32 Å². The molecule has 2 N–H and O–H groups in total. The van der Waals surface area contributed by atoms with Crippen LogP contribution in [0.5, 0.6) is 5.75 Å². The number of hydrogen-bond donors (Lipinski definition) is 2. The molecule has 1 aromatic carbocycles. The fourth-order valence-electron chi connectivity index (χ4n) is 2.70. The predicted molar refractivity (Wildman–Crippen MR) is 79.7 cm³/mol. The zero-order valence-corrected chi connectivity index (χ0v) is 12.5. The van der Waals surface area contributed by atoms with E-state index in [0.717, 1.165) is 42.7 Å². The van der Waals surface area contributed by atoms with Crippen molar-refractivity contribution in [2.24, 2.45) is 0 Å². The molecule has 1 aliphatic carbocycles. The second-order valence-electron chi connectivity index (χ2n) is 5.41. The van der Waals surface area contributed by atoms with E-state index in [0.29, 0.717) is 5.69 Å². The third kappa shape index (κ3) is 4.01. The maximum absolute atomic E-state index is 12.1. The first kappa shape index (κ1) is 16.2. The van der Waals surface area contributed by atoms with Crippen LogP contribution < -0.4 is 15.4 Å². The number of nitrogens with one attached hydrogen (secondary N) is 2. The summed E-state index contributed by atoms with van der Waals surface area (Å²) in [4.78, 5) is 12.1. The van der Waals surface area contributed by atoms with Crippen molar-refractivity contribution >= 4 is 11.7 Å². The molecule has 2 aromatic rings. The summed E-state index contributed by atoms with van der Waals surface area (Å²) in [5.41, 5.74) is 1.33. The van der Waals surface area contributed by atoms with Gasteiger partial charge in [0.05, 0.1) is 12.3 Å². The lowest BCUT2D eigenvalue weighted by Gasteiger charge is -2.22. The Hall–Kier alpha value is -2.64. The van der Waals surface area contributed by atoms with Gasteiger partial charge in [-0.2, -0.15) is 0 Å². The van der Waals surface area contributed by atoms with Gasteiger partial charge in [0.25, 0.3) is 0 Å². The number of aryl methyl sites for hydroxylation is 1. The summed E-state index contributed by atoms with van der Waals surface area (Å²) < 4.78 is 45.4. The van der Waals surface area contributed by atoms with Crippen LogP contribution in [0.15, 0.2) is 41.0 Å². The standard InChI is InChI=1S/C16H15F3N2O3/c17-16(18,19)24-11-6-4-10(5-7-11)20-15(22)21-13-2-1-3-14-12(13)8-9-23-14/h4-9,13H,1-3H2,(H2,20,21,22). The minimum Gasteiger partial charge on any atom is -0.469 e. The molecule has 2 amide bonds. The maximum atomic E-state index is 12.1. The van der Waals surface area contributed by atoms with Gasteiger partial charge in [-0.25, -0.2) is 4.79 Å². The molecule has 1 aromatic heterocycles. The smallest absolute Gasteiger partial charge is 0.469 e. The fraction of sp³-hybridized carbons (Fsp3) is 0.312. The molecule has 3 rings (SSSR count). The number of urea groups is 1. The Kier molecular flexibility index (Phi) is 4.37. The zero-order chi connectivity index (χ0) is 17.2. The third-order valence-corrected chi connectivity index (χ3v) is 3.70. The Morgan fingerprint density at radius 3 is 2.67 bits per heavy atom. The van der Waals surface area contributed by atoms with Gasteiger partial charge in [-0.3, -0.25) is 0 Å². The van der Waals surface area contributed by atoms with Crippen LogP contribution >= 0.6 is 0 Å². The number of benzene rings is 1. The van der Waals surface area contributed by atoms with Gasteiger partial charge in [-0.15, -0.1) is 13.2 Å². The van der Waals surface area contributed by atoms with Crippen LogP contribution in [0.3, 0.4) is 0 Å². The van der Waals surface area contributed by atoms with E-state index in [4.69, 9.17) is 4.42 Å². The fourth-order valence-corrected chi connectivity index (χ4v) is 2.70. The van der Waals surface area contributed by atoms with Crippen LogP contribution in [0.4, 0.5) is 23.7 Å². The normalized spacial score (nSPS) is 17.0. The van der Waals surface area contributed by atoms with Crippen molar-refractivity contribution in [2.45, 2.75) is 31.7 Å². The topological polar surface area (TPSA) is 63.5 Å². The third-order valence-electron chi connectivity index (χ3n) is 3.70. The molecule has 0 spiro atoms.